The smallest absolute Gasteiger partial charge is 0.342 e. The third-order valence-electron chi connectivity index (χ3n) is 18.6. The first-order valence-electron chi connectivity index (χ1n) is 31.7. The van der Waals surface area contributed by atoms with E-state index in [-0.39, 0.29) is 18.2 Å². The monoisotopic (exact) mass is 1580 g/mol. The molecule has 0 saturated carbocycles. The number of ketones is 1. The van der Waals surface area contributed by atoms with Crippen LogP contribution in [0.5, 0.6) is 126 Å². The fourth-order valence-electron chi connectivity index (χ4n) is 12.9. The minimum Gasteiger partial charge on any atom is -0.504 e. The average Bonchev–Trinajstić information content (AvgIpc) is 1.43. The van der Waals surface area contributed by atoms with Crippen LogP contribution >= 0.6 is 0 Å². The fraction of sp³-hybridized carbons (Fsp3) is 0.221. The summed E-state index contributed by atoms with van der Waals surface area (Å²) in [6.07, 6.45) is -31.0. The fourth-order valence-corrected chi connectivity index (χ4v) is 12.9. The van der Waals surface area contributed by atoms with Crippen molar-refractivity contribution in [1.82, 2.24) is 0 Å². The molecule has 7 aliphatic rings. The molecule has 6 aliphatic heterocycles. The largest absolute Gasteiger partial charge is 0.504 e. The standard InChI is InChI=1S/C68H48O45/c69-22-1-13(2-23(70)38(22)78)57(88)109-52-50-30-11-101-59(90)16-6-26(73)40(80)43(83)34(16)35-18(61(92)107-50)8-28(42(82)44(35)84)103-48-20(7-27(74)41(81)47(48)87)63(94)111-54-53(110-58(89)14-3-24(71)39(79)25(72)4-14)51-31(106-65(54)96)12-102-60(91)17-9-29-49(45(85)33(17)15-5-19(62(93)108-51)37(77)46(86)36(15)76)113-68(100)56(104-29)21(10-32(75)67(68,98)99)64(95)112-55(52)66(97)105-30/h1-10,30-31,50-56,65-66,69-74,76-87,96-100H,11-12H2. The number of aromatic hydroxyl groups is 18. The number of phenols is 18. The van der Waals surface area contributed by atoms with Crippen LogP contribution in [0.1, 0.15) is 72.5 Å². The van der Waals surface area contributed by atoms with E-state index >= 15 is 14.4 Å². The molecule has 2 saturated heterocycles. The summed E-state index contributed by atoms with van der Waals surface area (Å²) >= 11 is 0. The number of rotatable bonds is 4. The van der Waals surface area contributed by atoms with E-state index in [0.717, 1.165) is 0 Å². The number of carbonyl (C=O) groups is 9. The quantitative estimate of drug-likeness (QED) is 0.0433. The first-order chi connectivity index (χ1) is 53.1. The molecule has 113 heavy (non-hydrogen) atoms. The summed E-state index contributed by atoms with van der Waals surface area (Å²) in [6, 6.07) is 2.95. The van der Waals surface area contributed by atoms with Crippen molar-refractivity contribution in [3.63, 3.8) is 0 Å². The van der Waals surface area contributed by atoms with Gasteiger partial charge in [-0.25, -0.2) is 38.4 Å². The maximum Gasteiger partial charge on any atom is 0.342 e. The van der Waals surface area contributed by atoms with Gasteiger partial charge in [0, 0.05) is 40.5 Å². The Morgan fingerprint density at radius 3 is 1.31 bits per heavy atom. The zero-order valence-corrected chi connectivity index (χ0v) is 55.3. The number of ether oxygens (including phenoxy) is 13. The molecule has 0 spiro atoms. The average molecular weight is 1590 g/mol. The summed E-state index contributed by atoms with van der Waals surface area (Å²) in [5.74, 6) is -60.8. The lowest BCUT2D eigenvalue weighted by Gasteiger charge is -2.48. The highest BCUT2D eigenvalue weighted by Crippen LogP contribution is 2.60. The lowest BCUT2D eigenvalue weighted by atomic mass is 9.83. The van der Waals surface area contributed by atoms with Gasteiger partial charge in [-0.3, -0.25) is 4.79 Å². The summed E-state index contributed by atoms with van der Waals surface area (Å²) in [6.45, 7) is -3.00. The van der Waals surface area contributed by atoms with E-state index in [4.69, 9.17) is 61.6 Å². The van der Waals surface area contributed by atoms with Crippen LogP contribution < -0.4 is 14.2 Å². The first kappa shape index (κ1) is 75.1. The van der Waals surface area contributed by atoms with Gasteiger partial charge in [-0.05, 0) is 42.5 Å². The van der Waals surface area contributed by atoms with Gasteiger partial charge in [0.05, 0.1) is 33.4 Å². The molecular weight excluding hydrogens is 1540 g/mol. The Kier molecular flexibility index (Phi) is 17.6. The Morgan fingerprint density at radius 1 is 0.372 bits per heavy atom. The summed E-state index contributed by atoms with van der Waals surface area (Å²) in [4.78, 5) is 133. The number of cyclic esters (lactones) is 1. The molecule has 45 nitrogen and oxygen atoms in total. The number of carbonyl (C=O) groups excluding carboxylic acids is 9. The predicted molar refractivity (Wildman–Crippen MR) is 342 cm³/mol. The highest BCUT2D eigenvalue weighted by Gasteiger charge is 2.70. The van der Waals surface area contributed by atoms with Crippen molar-refractivity contribution in [3.8, 4) is 149 Å². The van der Waals surface area contributed by atoms with Gasteiger partial charge in [0.1, 0.15) is 36.5 Å². The highest BCUT2D eigenvalue weighted by atomic mass is 16.7. The lowest BCUT2D eigenvalue weighted by molar-refractivity contribution is -0.352. The molecule has 7 aromatic rings. The predicted octanol–water partition coefficient (Wildman–Crippen LogP) is -1.04. The number of phenolic OH excluding ortho intramolecular Hbond substituents is 18. The number of fused-ring (bicyclic) bond motifs is 13. The van der Waals surface area contributed by atoms with Crippen LogP contribution in [0, 0.1) is 0 Å². The Bertz CT molecular complexity index is 5420. The van der Waals surface area contributed by atoms with Gasteiger partial charge >= 0.3 is 53.5 Å². The molecule has 590 valence electrons. The molecule has 12 unspecified atom stereocenters. The maximum atomic E-state index is 15.6. The van der Waals surface area contributed by atoms with Crippen LogP contribution in [-0.4, -0.2) is 263 Å². The molecule has 7 aromatic carbocycles. The molecule has 6 heterocycles. The van der Waals surface area contributed by atoms with Gasteiger partial charge < -0.3 is 179 Å². The second-order valence-corrected chi connectivity index (χ2v) is 25.3. The molecule has 11 bridgehead atoms. The highest BCUT2D eigenvalue weighted by molar-refractivity contribution is 6.10. The van der Waals surface area contributed by atoms with E-state index in [1.165, 1.54) is 0 Å². The van der Waals surface area contributed by atoms with Crippen molar-refractivity contribution >= 4 is 53.5 Å². The van der Waals surface area contributed by atoms with E-state index in [0.29, 0.717) is 42.5 Å². The van der Waals surface area contributed by atoms with E-state index in [1.807, 2.05) is 0 Å². The molecule has 2 fully saturated rings. The summed E-state index contributed by atoms with van der Waals surface area (Å²) in [5, 5.41) is 260. The van der Waals surface area contributed by atoms with Gasteiger partial charge in [0.15, 0.2) is 141 Å². The van der Waals surface area contributed by atoms with Crippen molar-refractivity contribution in [2.24, 2.45) is 0 Å². The Labute approximate surface area is 620 Å². The van der Waals surface area contributed by atoms with E-state index in [9.17, 15) is 146 Å². The van der Waals surface area contributed by atoms with Crippen LogP contribution in [0.25, 0.3) is 22.3 Å². The molecule has 23 N–H and O–H groups in total. The molecule has 0 amide bonds. The van der Waals surface area contributed by atoms with E-state index < -0.39 is 339 Å². The Balaban J connectivity index is 1.02. The van der Waals surface area contributed by atoms with Crippen molar-refractivity contribution in [2.45, 2.75) is 79.1 Å². The lowest BCUT2D eigenvalue weighted by Crippen LogP contribution is -2.73. The summed E-state index contributed by atoms with van der Waals surface area (Å²) < 4.78 is 73.3. The Hall–Kier alpha value is -14.8. The van der Waals surface area contributed by atoms with Crippen molar-refractivity contribution in [3.05, 3.63) is 105 Å². The SMILES string of the molecule is O=C1OC2C(O)OC3COC(=O)c4cc(O)c(O)c(O)c4-c4c(cc(c(O)c4O)Oc4c(cc(O)c(O)c4O)C(=O)OC4C(O)OC5COC(=O)c6cc7c(c(O)c6-c6cc(c(O)c(O)c6O)C(=O)OC5C4OC(=O)c4cc(O)c(O)c(O)c4)OC4(O)C(O7)C1=CC(=O)C4(O)O)C(=O)OC3C2OC(=O)c1cc(O)c(O)c(O)c1. The first-order valence-corrected chi connectivity index (χ1v) is 31.7. The van der Waals surface area contributed by atoms with Gasteiger partial charge in [-0.1, -0.05) is 0 Å². The second kappa shape index (κ2) is 26.5. The third-order valence-corrected chi connectivity index (χ3v) is 18.6. The second-order valence-electron chi connectivity index (χ2n) is 25.3. The van der Waals surface area contributed by atoms with Gasteiger partial charge in [-0.15, -0.1) is 0 Å². The summed E-state index contributed by atoms with van der Waals surface area (Å²) in [5.41, 5.74) is -15.8. The van der Waals surface area contributed by atoms with E-state index in [1.54, 1.807) is 0 Å². The van der Waals surface area contributed by atoms with Crippen LogP contribution in [0.15, 0.2) is 66.2 Å². The zero-order chi connectivity index (χ0) is 81.9. The molecule has 45 heteroatoms. The van der Waals surface area contributed by atoms with Crippen LogP contribution in [0.4, 0.5) is 0 Å². The van der Waals surface area contributed by atoms with Crippen LogP contribution in [-0.2, 0) is 57.0 Å². The number of aliphatic hydroxyl groups excluding tert-OH is 2. The molecule has 14 rings (SSSR count). The minimum absolute atomic E-state index is 0.0597. The van der Waals surface area contributed by atoms with Gasteiger partial charge in [-0.2, -0.15) is 0 Å². The van der Waals surface area contributed by atoms with Crippen molar-refractivity contribution < 1.29 is 222 Å². The van der Waals surface area contributed by atoms with Crippen molar-refractivity contribution in [1.29, 1.82) is 0 Å². The third kappa shape index (κ3) is 11.8. The van der Waals surface area contributed by atoms with Crippen LogP contribution in [0.3, 0.4) is 0 Å². The number of benzene rings is 7. The number of aliphatic hydroxyl groups is 5. The molecular formula is C68H48O45. The molecule has 1 aliphatic carbocycles. The van der Waals surface area contributed by atoms with Gasteiger partial charge in [0.25, 0.3) is 5.79 Å². The van der Waals surface area contributed by atoms with E-state index in [2.05, 4.69) is 0 Å². The number of hydrogen-bond donors (Lipinski definition) is 23. The number of esters is 8. The van der Waals surface area contributed by atoms with Crippen LogP contribution in [0.2, 0.25) is 0 Å². The van der Waals surface area contributed by atoms with Gasteiger partial charge in [0.2, 0.25) is 46.4 Å². The molecule has 0 aromatic heterocycles. The molecule has 0 radical (unpaired) electrons. The normalized spacial score (nSPS) is 24.8. The zero-order valence-electron chi connectivity index (χ0n) is 55.3. The minimum atomic E-state index is -4.46. The number of hydrogen-bond acceptors (Lipinski definition) is 45. The molecule has 12 atom stereocenters. The summed E-state index contributed by atoms with van der Waals surface area (Å²) in [7, 11) is 0. The maximum absolute atomic E-state index is 15.6. The Morgan fingerprint density at radius 2 is 0.788 bits per heavy atom. The van der Waals surface area contributed by atoms with Crippen molar-refractivity contribution in [2.75, 3.05) is 13.2 Å². The topological polar surface area (TPSA) is 739 Å².